The van der Waals surface area contributed by atoms with Crippen LogP contribution in [0.4, 0.5) is 13.2 Å². The van der Waals surface area contributed by atoms with Crippen LogP contribution in [0, 0.1) is 6.92 Å². The van der Waals surface area contributed by atoms with E-state index in [-0.39, 0.29) is 35.6 Å². The van der Waals surface area contributed by atoms with Crippen molar-refractivity contribution >= 4 is 17.0 Å². The summed E-state index contributed by atoms with van der Waals surface area (Å²) in [5.74, 6) is -0.113. The number of esters is 1. The van der Waals surface area contributed by atoms with Crippen LogP contribution in [0.5, 0.6) is 5.75 Å². The topological polar surface area (TPSA) is 66.2 Å². The lowest BCUT2D eigenvalue weighted by molar-refractivity contribution is -0.144. The van der Waals surface area contributed by atoms with Gasteiger partial charge in [0, 0.05) is 5.56 Å². The number of carbonyl (C=O) groups is 1. The second-order valence-electron chi connectivity index (χ2n) is 6.03. The average molecular weight is 393 g/mol. The fourth-order valence-corrected chi connectivity index (χ4v) is 2.95. The molecule has 2 heterocycles. The second kappa shape index (κ2) is 7.49. The van der Waals surface area contributed by atoms with E-state index < -0.39 is 17.7 Å². The van der Waals surface area contributed by atoms with Crippen LogP contribution in [-0.2, 0) is 22.3 Å². The van der Waals surface area contributed by atoms with Crippen molar-refractivity contribution < 1.29 is 27.4 Å². The van der Waals surface area contributed by atoms with Crippen LogP contribution in [0.1, 0.15) is 18.2 Å². The molecular formula is C19H18F3N3O3. The van der Waals surface area contributed by atoms with Gasteiger partial charge in [-0.2, -0.15) is 18.3 Å². The normalized spacial score (nSPS) is 11.6. The molecule has 0 aliphatic rings. The van der Waals surface area contributed by atoms with Gasteiger partial charge in [0.1, 0.15) is 12.3 Å². The molecular weight excluding hydrogens is 375 g/mol. The van der Waals surface area contributed by atoms with E-state index in [1.54, 1.807) is 31.2 Å². The van der Waals surface area contributed by atoms with Crippen LogP contribution >= 0.6 is 0 Å². The number of aromatic nitrogens is 3. The number of halogens is 3. The van der Waals surface area contributed by atoms with Crippen molar-refractivity contribution in [1.82, 2.24) is 14.8 Å². The molecule has 0 saturated carbocycles. The lowest BCUT2D eigenvalue weighted by Crippen LogP contribution is -2.15. The van der Waals surface area contributed by atoms with Crippen molar-refractivity contribution in [2.75, 3.05) is 13.7 Å². The predicted molar refractivity (Wildman–Crippen MR) is 95.9 cm³/mol. The monoisotopic (exact) mass is 393 g/mol. The van der Waals surface area contributed by atoms with Crippen LogP contribution in [0.2, 0.25) is 0 Å². The van der Waals surface area contributed by atoms with Crippen molar-refractivity contribution in [1.29, 1.82) is 0 Å². The first-order valence-electron chi connectivity index (χ1n) is 8.50. The summed E-state index contributed by atoms with van der Waals surface area (Å²) in [4.78, 5) is 16.2. The minimum Gasteiger partial charge on any atom is -0.497 e. The number of hydrogen-bond acceptors (Lipinski definition) is 5. The standard InChI is InChI=1S/C19H18F3N3O3/c1-4-28-16(26)10-25-18-17(11(2)24-25)14(19(20,21)22)9-15(23-18)12-6-5-7-13(8-12)27-3/h5-9H,4,10H2,1-3H3. The molecule has 9 heteroatoms. The van der Waals surface area contributed by atoms with E-state index in [1.165, 1.54) is 14.0 Å². The minimum absolute atomic E-state index is 0.0294. The third kappa shape index (κ3) is 3.78. The van der Waals surface area contributed by atoms with Crippen LogP contribution in [0.15, 0.2) is 30.3 Å². The first-order chi connectivity index (χ1) is 13.2. The van der Waals surface area contributed by atoms with Crippen LogP contribution in [0.25, 0.3) is 22.3 Å². The van der Waals surface area contributed by atoms with E-state index >= 15 is 0 Å². The third-order valence-electron chi connectivity index (χ3n) is 4.13. The molecule has 0 aliphatic heterocycles. The van der Waals surface area contributed by atoms with Gasteiger partial charge in [0.25, 0.3) is 0 Å². The quantitative estimate of drug-likeness (QED) is 0.613. The molecule has 28 heavy (non-hydrogen) atoms. The Morgan fingerprint density at radius 2 is 2.00 bits per heavy atom. The number of carbonyl (C=O) groups excluding carboxylic acids is 1. The van der Waals surface area contributed by atoms with Gasteiger partial charge in [-0.1, -0.05) is 12.1 Å². The molecule has 0 fully saturated rings. The maximum Gasteiger partial charge on any atom is 0.417 e. The molecule has 3 rings (SSSR count). The number of benzene rings is 1. The number of rotatable bonds is 5. The van der Waals surface area contributed by atoms with Crippen molar-refractivity contribution in [3.63, 3.8) is 0 Å². The molecule has 0 amide bonds. The molecule has 0 atom stereocenters. The molecule has 2 aromatic heterocycles. The first-order valence-corrected chi connectivity index (χ1v) is 8.50. The van der Waals surface area contributed by atoms with Gasteiger partial charge in [-0.15, -0.1) is 0 Å². The molecule has 3 aromatic rings. The molecule has 1 aromatic carbocycles. The van der Waals surface area contributed by atoms with Gasteiger partial charge >= 0.3 is 12.1 Å². The number of fused-ring (bicyclic) bond motifs is 1. The van der Waals surface area contributed by atoms with Crippen molar-refractivity contribution in [2.24, 2.45) is 0 Å². The highest BCUT2D eigenvalue weighted by atomic mass is 19.4. The number of ether oxygens (including phenoxy) is 2. The highest BCUT2D eigenvalue weighted by Crippen LogP contribution is 2.38. The number of methoxy groups -OCH3 is 1. The Hall–Kier alpha value is -3.10. The third-order valence-corrected chi connectivity index (χ3v) is 4.13. The maximum atomic E-state index is 13.8. The van der Waals surface area contributed by atoms with Crippen LogP contribution in [-0.4, -0.2) is 34.5 Å². The number of aryl methyl sites for hydroxylation is 1. The van der Waals surface area contributed by atoms with Crippen LogP contribution in [0.3, 0.4) is 0 Å². The Kier molecular flexibility index (Phi) is 5.26. The average Bonchev–Trinajstić information content (AvgIpc) is 2.96. The van der Waals surface area contributed by atoms with Gasteiger partial charge in [0.15, 0.2) is 5.65 Å². The number of alkyl halides is 3. The number of nitrogens with zero attached hydrogens (tertiary/aromatic N) is 3. The number of pyridine rings is 1. The fraction of sp³-hybridized carbons (Fsp3) is 0.316. The molecule has 6 nitrogen and oxygen atoms in total. The van der Waals surface area contributed by atoms with Crippen molar-refractivity contribution in [3.8, 4) is 17.0 Å². The highest BCUT2D eigenvalue weighted by molar-refractivity contribution is 5.86. The maximum absolute atomic E-state index is 13.8. The summed E-state index contributed by atoms with van der Waals surface area (Å²) in [6.45, 7) is 2.93. The van der Waals surface area contributed by atoms with Gasteiger partial charge in [0.2, 0.25) is 0 Å². The van der Waals surface area contributed by atoms with E-state index in [4.69, 9.17) is 9.47 Å². The Balaban J connectivity index is 2.24. The molecule has 148 valence electrons. The van der Waals surface area contributed by atoms with Gasteiger partial charge in [-0.25, -0.2) is 9.67 Å². The second-order valence-corrected chi connectivity index (χ2v) is 6.03. The van der Waals surface area contributed by atoms with Crippen LogP contribution < -0.4 is 4.74 Å². The molecule has 0 radical (unpaired) electrons. The van der Waals surface area contributed by atoms with Crippen molar-refractivity contribution in [2.45, 2.75) is 26.6 Å². The molecule has 0 aliphatic carbocycles. The Morgan fingerprint density at radius 1 is 1.25 bits per heavy atom. The van der Waals surface area contributed by atoms with Gasteiger partial charge in [-0.3, -0.25) is 4.79 Å². The fourth-order valence-electron chi connectivity index (χ4n) is 2.95. The molecule has 0 spiro atoms. The summed E-state index contributed by atoms with van der Waals surface area (Å²) in [5.41, 5.74) is -0.200. The summed E-state index contributed by atoms with van der Waals surface area (Å²) in [6.07, 6.45) is -4.61. The first kappa shape index (κ1) is 19.7. The molecule has 0 bridgehead atoms. The zero-order valence-electron chi connectivity index (χ0n) is 15.5. The highest BCUT2D eigenvalue weighted by Gasteiger charge is 2.36. The Morgan fingerprint density at radius 3 is 2.64 bits per heavy atom. The van der Waals surface area contributed by atoms with E-state index in [2.05, 4.69) is 10.1 Å². The van der Waals surface area contributed by atoms with Gasteiger partial charge < -0.3 is 9.47 Å². The summed E-state index contributed by atoms with van der Waals surface area (Å²) in [5, 5.41) is 3.95. The largest absolute Gasteiger partial charge is 0.497 e. The Bertz CT molecular complexity index is 1030. The van der Waals surface area contributed by atoms with E-state index in [0.29, 0.717) is 11.3 Å². The van der Waals surface area contributed by atoms with E-state index in [1.807, 2.05) is 0 Å². The Labute approximate surface area is 158 Å². The van der Waals surface area contributed by atoms with Gasteiger partial charge in [0.05, 0.1) is 36.1 Å². The SMILES string of the molecule is CCOC(=O)Cn1nc(C)c2c(C(F)(F)F)cc(-c3cccc(OC)c3)nc21. The summed E-state index contributed by atoms with van der Waals surface area (Å²) >= 11 is 0. The lowest BCUT2D eigenvalue weighted by Gasteiger charge is -2.12. The number of hydrogen-bond donors (Lipinski definition) is 0. The molecule has 0 saturated heterocycles. The zero-order chi connectivity index (χ0) is 20.5. The minimum atomic E-state index is -4.61. The molecule has 0 N–H and O–H groups in total. The van der Waals surface area contributed by atoms with E-state index in [0.717, 1.165) is 10.7 Å². The molecule has 0 unspecified atom stereocenters. The zero-order valence-corrected chi connectivity index (χ0v) is 15.5. The summed E-state index contributed by atoms with van der Waals surface area (Å²) in [7, 11) is 1.47. The summed E-state index contributed by atoms with van der Waals surface area (Å²) in [6, 6.07) is 7.56. The predicted octanol–water partition coefficient (Wildman–Crippen LogP) is 4.00. The van der Waals surface area contributed by atoms with Crippen molar-refractivity contribution in [3.05, 3.63) is 41.6 Å². The van der Waals surface area contributed by atoms with Gasteiger partial charge in [-0.05, 0) is 32.0 Å². The smallest absolute Gasteiger partial charge is 0.417 e. The lowest BCUT2D eigenvalue weighted by atomic mass is 10.0. The van der Waals surface area contributed by atoms with E-state index in [9.17, 15) is 18.0 Å². The summed E-state index contributed by atoms with van der Waals surface area (Å²) < 4.78 is 52.4.